The Morgan fingerprint density at radius 2 is 2.10 bits per heavy atom. The van der Waals surface area contributed by atoms with Gasteiger partial charge in [0.25, 0.3) is 0 Å². The van der Waals surface area contributed by atoms with Gasteiger partial charge in [0.2, 0.25) is 5.88 Å². The number of aromatic hydroxyl groups is 1. The number of nitrogens with zero attached hydrogens (tertiary/aromatic N) is 6. The Hall–Kier alpha value is -3.46. The third-order valence-electron chi connectivity index (χ3n) is 5.79. The molecule has 2 N–H and O–H groups in total. The van der Waals surface area contributed by atoms with E-state index in [1.54, 1.807) is 11.8 Å². The molecular formula is C22H25N7O2. The van der Waals surface area contributed by atoms with Crippen molar-refractivity contribution in [2.24, 2.45) is 7.05 Å². The normalized spacial score (nSPS) is 16.9. The van der Waals surface area contributed by atoms with E-state index in [0.717, 1.165) is 41.6 Å². The highest BCUT2D eigenvalue weighted by Crippen LogP contribution is 2.37. The van der Waals surface area contributed by atoms with E-state index >= 15 is 0 Å². The maximum absolute atomic E-state index is 10.8. The van der Waals surface area contributed by atoms with E-state index in [4.69, 9.17) is 4.74 Å². The lowest BCUT2D eigenvalue weighted by atomic mass is 10.1. The lowest BCUT2D eigenvalue weighted by Crippen LogP contribution is -2.49. The number of benzene rings is 1. The predicted molar refractivity (Wildman–Crippen MR) is 120 cm³/mol. The molecule has 1 aliphatic rings. The van der Waals surface area contributed by atoms with Crippen molar-refractivity contribution in [3.8, 4) is 23.0 Å². The van der Waals surface area contributed by atoms with Gasteiger partial charge in [-0.05, 0) is 26.0 Å². The molecule has 1 fully saturated rings. The number of aromatic nitrogens is 5. The van der Waals surface area contributed by atoms with Crippen LogP contribution in [0.3, 0.4) is 0 Å². The second-order valence-electron chi connectivity index (χ2n) is 8.06. The average molecular weight is 419 g/mol. The van der Waals surface area contributed by atoms with Crippen LogP contribution in [-0.2, 0) is 7.05 Å². The number of pyridine rings is 1. The summed E-state index contributed by atoms with van der Waals surface area (Å²) in [6.45, 7) is 6.76. The number of aryl methyl sites for hydroxylation is 2. The van der Waals surface area contributed by atoms with Gasteiger partial charge in [0.1, 0.15) is 5.75 Å². The molecule has 0 spiro atoms. The highest BCUT2D eigenvalue weighted by molar-refractivity contribution is 5.91. The number of rotatable bonds is 3. The summed E-state index contributed by atoms with van der Waals surface area (Å²) in [4.78, 5) is 16.2. The van der Waals surface area contributed by atoms with Gasteiger partial charge in [-0.2, -0.15) is 10.1 Å². The summed E-state index contributed by atoms with van der Waals surface area (Å²) in [5.74, 6) is 0.909. The summed E-state index contributed by atoms with van der Waals surface area (Å²) >= 11 is 0. The summed E-state index contributed by atoms with van der Waals surface area (Å²) in [6, 6.07) is 4.29. The Morgan fingerprint density at radius 3 is 2.87 bits per heavy atom. The maximum atomic E-state index is 10.8. The molecule has 1 atom stereocenters. The van der Waals surface area contributed by atoms with E-state index in [0.29, 0.717) is 34.5 Å². The largest absolute Gasteiger partial charge is 0.507 e. The summed E-state index contributed by atoms with van der Waals surface area (Å²) in [6.07, 6.45) is 3.74. The smallest absolute Gasteiger partial charge is 0.226 e. The van der Waals surface area contributed by atoms with E-state index < -0.39 is 0 Å². The molecule has 1 aliphatic heterocycles. The SMILES string of the molecule is COc1nc(-c2cc3cn(C)nc3c(C)c2O)nc2ncc(N3CCNC(C)C3)cc12. The van der Waals surface area contributed by atoms with Crippen LogP contribution >= 0.6 is 0 Å². The number of phenolic OH excluding ortho intramolecular Hbond substituents is 1. The van der Waals surface area contributed by atoms with Crippen LogP contribution in [-0.4, -0.2) is 62.6 Å². The standard InChI is InChI=1S/C22H25N7O2/c1-12-10-29(6-5-23-12)15-8-17-20(24-9-15)25-21(26-22(17)31-4)16-7-14-11-28(3)27-18(14)13(2)19(16)30/h7-9,11-12,23,30H,5-6,10H2,1-4H3. The summed E-state index contributed by atoms with van der Waals surface area (Å²) in [5.41, 5.74) is 3.51. The molecule has 0 amide bonds. The first kappa shape index (κ1) is 19.5. The molecule has 0 saturated carbocycles. The lowest BCUT2D eigenvalue weighted by molar-refractivity contribution is 0.403. The Kier molecular flexibility index (Phi) is 4.62. The van der Waals surface area contributed by atoms with Crippen molar-refractivity contribution < 1.29 is 9.84 Å². The summed E-state index contributed by atoms with van der Waals surface area (Å²) in [5, 5.41) is 20.4. The Morgan fingerprint density at radius 1 is 1.26 bits per heavy atom. The van der Waals surface area contributed by atoms with Crippen LogP contribution in [0.15, 0.2) is 24.5 Å². The van der Waals surface area contributed by atoms with E-state index in [9.17, 15) is 5.11 Å². The van der Waals surface area contributed by atoms with E-state index in [1.165, 1.54) is 0 Å². The molecular weight excluding hydrogens is 394 g/mol. The second kappa shape index (κ2) is 7.35. The molecule has 9 nitrogen and oxygen atoms in total. The number of nitrogens with one attached hydrogen (secondary N) is 1. The maximum Gasteiger partial charge on any atom is 0.226 e. The Bertz CT molecular complexity index is 1300. The van der Waals surface area contributed by atoms with Crippen molar-refractivity contribution in [3.63, 3.8) is 0 Å². The first-order valence-corrected chi connectivity index (χ1v) is 10.3. The molecule has 0 bridgehead atoms. The minimum atomic E-state index is 0.110. The average Bonchev–Trinajstić information content (AvgIpc) is 3.15. The van der Waals surface area contributed by atoms with E-state index in [1.807, 2.05) is 38.5 Å². The highest BCUT2D eigenvalue weighted by atomic mass is 16.5. The number of piperazine rings is 1. The molecule has 9 heteroatoms. The van der Waals surface area contributed by atoms with Crippen LogP contribution in [0.25, 0.3) is 33.3 Å². The third kappa shape index (κ3) is 3.31. The minimum Gasteiger partial charge on any atom is -0.507 e. The molecule has 1 saturated heterocycles. The van der Waals surface area contributed by atoms with Gasteiger partial charge in [-0.25, -0.2) is 9.97 Å². The fraction of sp³-hybridized carbons (Fsp3) is 0.364. The van der Waals surface area contributed by atoms with Crippen LogP contribution in [0.4, 0.5) is 5.69 Å². The van der Waals surface area contributed by atoms with Crippen molar-refractivity contribution in [1.29, 1.82) is 0 Å². The highest BCUT2D eigenvalue weighted by Gasteiger charge is 2.21. The predicted octanol–water partition coefficient (Wildman–Crippen LogP) is 2.40. The van der Waals surface area contributed by atoms with Crippen molar-refractivity contribution in [2.45, 2.75) is 19.9 Å². The van der Waals surface area contributed by atoms with Crippen molar-refractivity contribution in [1.82, 2.24) is 30.0 Å². The Labute approximate surface area is 179 Å². The molecule has 160 valence electrons. The fourth-order valence-electron chi connectivity index (χ4n) is 4.20. The topological polar surface area (TPSA) is 101 Å². The van der Waals surface area contributed by atoms with Crippen molar-refractivity contribution in [2.75, 3.05) is 31.6 Å². The molecule has 31 heavy (non-hydrogen) atoms. The van der Waals surface area contributed by atoms with Gasteiger partial charge in [0, 0.05) is 49.9 Å². The molecule has 1 aromatic carbocycles. The molecule has 3 aromatic heterocycles. The second-order valence-corrected chi connectivity index (χ2v) is 8.06. The summed E-state index contributed by atoms with van der Waals surface area (Å²) < 4.78 is 7.32. The van der Waals surface area contributed by atoms with Crippen LogP contribution in [0.1, 0.15) is 12.5 Å². The Balaban J connectivity index is 1.63. The van der Waals surface area contributed by atoms with Gasteiger partial charge in [-0.1, -0.05) is 0 Å². The zero-order valence-corrected chi connectivity index (χ0v) is 18.0. The monoisotopic (exact) mass is 419 g/mol. The zero-order chi connectivity index (χ0) is 21.7. The number of phenols is 1. The van der Waals surface area contributed by atoms with Gasteiger partial charge >= 0.3 is 0 Å². The number of fused-ring (bicyclic) bond motifs is 2. The molecule has 5 rings (SSSR count). The number of anilines is 1. The lowest BCUT2D eigenvalue weighted by Gasteiger charge is -2.33. The van der Waals surface area contributed by atoms with Gasteiger partial charge in [-0.3, -0.25) is 4.68 Å². The zero-order valence-electron chi connectivity index (χ0n) is 18.0. The number of hydrogen-bond donors (Lipinski definition) is 2. The van der Waals surface area contributed by atoms with Gasteiger partial charge in [0.05, 0.1) is 35.5 Å². The quantitative estimate of drug-likeness (QED) is 0.522. The van der Waals surface area contributed by atoms with Crippen LogP contribution in [0, 0.1) is 6.92 Å². The third-order valence-corrected chi connectivity index (χ3v) is 5.79. The fourth-order valence-corrected chi connectivity index (χ4v) is 4.20. The number of ether oxygens (including phenoxy) is 1. The first-order chi connectivity index (χ1) is 14.9. The van der Waals surface area contributed by atoms with E-state index in [-0.39, 0.29) is 5.75 Å². The van der Waals surface area contributed by atoms with Crippen LogP contribution in [0.5, 0.6) is 11.6 Å². The van der Waals surface area contributed by atoms with Gasteiger partial charge in [-0.15, -0.1) is 0 Å². The molecule has 4 heterocycles. The molecule has 1 unspecified atom stereocenters. The molecule has 0 radical (unpaired) electrons. The first-order valence-electron chi connectivity index (χ1n) is 10.3. The van der Waals surface area contributed by atoms with Crippen LogP contribution < -0.4 is 15.0 Å². The van der Waals surface area contributed by atoms with Crippen LogP contribution in [0.2, 0.25) is 0 Å². The van der Waals surface area contributed by atoms with Gasteiger partial charge in [0.15, 0.2) is 11.5 Å². The summed E-state index contributed by atoms with van der Waals surface area (Å²) in [7, 11) is 3.44. The number of hydrogen-bond acceptors (Lipinski definition) is 8. The molecule has 0 aliphatic carbocycles. The van der Waals surface area contributed by atoms with E-state index in [2.05, 4.69) is 37.2 Å². The van der Waals surface area contributed by atoms with Crippen molar-refractivity contribution >= 4 is 27.6 Å². The van der Waals surface area contributed by atoms with Crippen molar-refractivity contribution in [3.05, 3.63) is 30.1 Å². The minimum absolute atomic E-state index is 0.110. The molecule has 4 aromatic rings. The number of methoxy groups -OCH3 is 1. The van der Waals surface area contributed by atoms with Gasteiger partial charge < -0.3 is 20.1 Å².